The number of carbonyl (C=O) groups excluding carboxylic acids is 2. The molecule has 0 N–H and O–H groups in total. The van der Waals surface area contributed by atoms with Gasteiger partial charge in [-0.25, -0.2) is 4.79 Å². The third-order valence-corrected chi connectivity index (χ3v) is 3.63. The molecule has 1 atom stereocenters. The van der Waals surface area contributed by atoms with E-state index in [1.165, 1.54) is 25.3 Å². The van der Waals surface area contributed by atoms with Crippen LogP contribution in [-0.4, -0.2) is 18.4 Å². The number of ketones is 1. The maximum absolute atomic E-state index is 11.7. The lowest BCUT2D eigenvalue weighted by molar-refractivity contribution is -0.138. The van der Waals surface area contributed by atoms with E-state index in [4.69, 9.17) is 4.74 Å². The first-order valence-electron chi connectivity index (χ1n) is 7.36. The molecule has 3 nitrogen and oxygen atoms in total. The fourth-order valence-corrected chi connectivity index (χ4v) is 2.60. The molecule has 0 radical (unpaired) electrons. The number of hydrogen-bond acceptors (Lipinski definition) is 3. The summed E-state index contributed by atoms with van der Waals surface area (Å²) >= 11 is 0. The molecule has 0 aromatic rings. The quantitative estimate of drug-likeness (QED) is 0.545. The van der Waals surface area contributed by atoms with Crippen LogP contribution in [0.1, 0.15) is 52.9 Å². The summed E-state index contributed by atoms with van der Waals surface area (Å²) in [6.45, 7) is 6.04. The van der Waals surface area contributed by atoms with Crippen LogP contribution in [0.15, 0.2) is 12.2 Å². The van der Waals surface area contributed by atoms with E-state index in [1.54, 1.807) is 13.0 Å². The maximum atomic E-state index is 11.7. The van der Waals surface area contributed by atoms with Crippen molar-refractivity contribution in [3.8, 4) is 0 Å². The summed E-state index contributed by atoms with van der Waals surface area (Å²) in [5, 5.41) is 0. The van der Waals surface area contributed by atoms with Crippen molar-refractivity contribution in [1.29, 1.82) is 0 Å². The molecular formula is C16H26O3. The maximum Gasteiger partial charge on any atom is 0.330 e. The zero-order valence-corrected chi connectivity index (χ0v) is 12.4. The highest BCUT2D eigenvalue weighted by Crippen LogP contribution is 2.31. The van der Waals surface area contributed by atoms with E-state index in [0.29, 0.717) is 18.4 Å². The van der Waals surface area contributed by atoms with Crippen molar-refractivity contribution in [3.63, 3.8) is 0 Å². The molecule has 1 fully saturated rings. The second-order valence-electron chi connectivity index (χ2n) is 5.92. The van der Waals surface area contributed by atoms with E-state index in [0.717, 1.165) is 12.8 Å². The lowest BCUT2D eigenvalue weighted by atomic mass is 9.78. The SMILES string of the molecule is CC(=O)[C@@H](/C=C/C(=O)OCC(C)C)C1CCCCC1. The van der Waals surface area contributed by atoms with Crippen molar-refractivity contribution in [3.05, 3.63) is 12.2 Å². The van der Waals surface area contributed by atoms with Crippen LogP contribution in [0.4, 0.5) is 0 Å². The summed E-state index contributed by atoms with van der Waals surface area (Å²) in [5.41, 5.74) is 0. The predicted molar refractivity (Wildman–Crippen MR) is 75.7 cm³/mol. The minimum absolute atomic E-state index is 0.119. The Kier molecular flexibility index (Phi) is 6.82. The van der Waals surface area contributed by atoms with E-state index in [2.05, 4.69) is 0 Å². The van der Waals surface area contributed by atoms with Crippen molar-refractivity contribution in [2.24, 2.45) is 17.8 Å². The van der Waals surface area contributed by atoms with E-state index < -0.39 is 0 Å². The fourth-order valence-electron chi connectivity index (χ4n) is 2.60. The van der Waals surface area contributed by atoms with Gasteiger partial charge in [0.25, 0.3) is 0 Å². The average molecular weight is 266 g/mol. The Morgan fingerprint density at radius 3 is 2.37 bits per heavy atom. The molecule has 0 bridgehead atoms. The van der Waals surface area contributed by atoms with Gasteiger partial charge < -0.3 is 4.74 Å². The molecular weight excluding hydrogens is 240 g/mol. The normalized spacial score (nSPS) is 18.7. The summed E-state index contributed by atoms with van der Waals surface area (Å²) in [7, 11) is 0. The molecule has 1 aliphatic carbocycles. The van der Waals surface area contributed by atoms with Crippen LogP contribution in [-0.2, 0) is 14.3 Å². The molecule has 3 heteroatoms. The topological polar surface area (TPSA) is 43.4 Å². The van der Waals surface area contributed by atoms with Gasteiger partial charge in [0, 0.05) is 12.0 Å². The number of carbonyl (C=O) groups is 2. The largest absolute Gasteiger partial charge is 0.462 e. The summed E-state index contributed by atoms with van der Waals surface area (Å²) in [6.07, 6.45) is 9.02. The molecule has 0 amide bonds. The van der Waals surface area contributed by atoms with Crippen molar-refractivity contribution in [2.45, 2.75) is 52.9 Å². The molecule has 1 aliphatic rings. The van der Waals surface area contributed by atoms with E-state index in [1.807, 2.05) is 13.8 Å². The Balaban J connectivity index is 2.52. The smallest absolute Gasteiger partial charge is 0.330 e. The number of esters is 1. The Morgan fingerprint density at radius 1 is 1.21 bits per heavy atom. The molecule has 1 rings (SSSR count). The van der Waals surface area contributed by atoms with Crippen LogP contribution in [0.5, 0.6) is 0 Å². The van der Waals surface area contributed by atoms with Crippen LogP contribution >= 0.6 is 0 Å². The van der Waals surface area contributed by atoms with Gasteiger partial charge in [0.2, 0.25) is 0 Å². The zero-order valence-electron chi connectivity index (χ0n) is 12.4. The van der Waals surface area contributed by atoms with Crippen molar-refractivity contribution >= 4 is 11.8 Å². The van der Waals surface area contributed by atoms with E-state index in [9.17, 15) is 9.59 Å². The third kappa shape index (κ3) is 6.04. The van der Waals surface area contributed by atoms with Gasteiger partial charge in [0.05, 0.1) is 6.61 Å². The minimum atomic E-state index is -0.337. The number of allylic oxidation sites excluding steroid dienone is 1. The molecule has 0 heterocycles. The summed E-state index contributed by atoms with van der Waals surface area (Å²) in [4.78, 5) is 23.3. The van der Waals surface area contributed by atoms with Crippen LogP contribution in [0.3, 0.4) is 0 Å². The Labute approximate surface area is 116 Å². The van der Waals surface area contributed by atoms with Gasteiger partial charge in [-0.2, -0.15) is 0 Å². The Morgan fingerprint density at radius 2 is 1.84 bits per heavy atom. The first kappa shape index (κ1) is 15.9. The van der Waals surface area contributed by atoms with Gasteiger partial charge in [-0.05, 0) is 31.6 Å². The molecule has 19 heavy (non-hydrogen) atoms. The van der Waals surface area contributed by atoms with Gasteiger partial charge in [-0.3, -0.25) is 4.79 Å². The first-order chi connectivity index (χ1) is 9.00. The van der Waals surface area contributed by atoms with Crippen molar-refractivity contribution in [1.82, 2.24) is 0 Å². The second-order valence-corrected chi connectivity index (χ2v) is 5.92. The van der Waals surface area contributed by atoms with Crippen LogP contribution < -0.4 is 0 Å². The number of ether oxygens (including phenoxy) is 1. The van der Waals surface area contributed by atoms with Gasteiger partial charge in [0.1, 0.15) is 5.78 Å². The number of Topliss-reactive ketones (excluding diaryl/α,β-unsaturated/α-hetero) is 1. The van der Waals surface area contributed by atoms with Crippen LogP contribution in [0, 0.1) is 17.8 Å². The molecule has 0 saturated heterocycles. The fraction of sp³-hybridized carbons (Fsp3) is 0.750. The molecule has 0 spiro atoms. The zero-order chi connectivity index (χ0) is 14.3. The van der Waals surface area contributed by atoms with Gasteiger partial charge in [-0.1, -0.05) is 39.2 Å². The highest BCUT2D eigenvalue weighted by Gasteiger charge is 2.25. The van der Waals surface area contributed by atoms with Gasteiger partial charge >= 0.3 is 5.97 Å². The number of hydrogen-bond donors (Lipinski definition) is 0. The molecule has 0 unspecified atom stereocenters. The lowest BCUT2D eigenvalue weighted by Gasteiger charge is -2.26. The monoisotopic (exact) mass is 266 g/mol. The second kappa shape index (κ2) is 8.13. The van der Waals surface area contributed by atoms with Crippen molar-refractivity contribution in [2.75, 3.05) is 6.61 Å². The summed E-state index contributed by atoms with van der Waals surface area (Å²) < 4.78 is 5.08. The lowest BCUT2D eigenvalue weighted by Crippen LogP contribution is -2.22. The van der Waals surface area contributed by atoms with Crippen LogP contribution in [0.25, 0.3) is 0 Å². The Bertz CT molecular complexity index is 325. The average Bonchev–Trinajstić information content (AvgIpc) is 2.37. The van der Waals surface area contributed by atoms with E-state index in [-0.39, 0.29) is 17.7 Å². The van der Waals surface area contributed by atoms with E-state index >= 15 is 0 Å². The molecule has 0 aromatic carbocycles. The molecule has 0 aromatic heterocycles. The molecule has 108 valence electrons. The first-order valence-corrected chi connectivity index (χ1v) is 7.36. The third-order valence-electron chi connectivity index (χ3n) is 3.63. The van der Waals surface area contributed by atoms with Gasteiger partial charge in [-0.15, -0.1) is 0 Å². The van der Waals surface area contributed by atoms with Crippen molar-refractivity contribution < 1.29 is 14.3 Å². The highest BCUT2D eigenvalue weighted by molar-refractivity contribution is 5.85. The molecule has 0 aliphatic heterocycles. The standard InChI is InChI=1S/C16H26O3/c1-12(2)11-19-16(18)10-9-15(13(3)17)14-7-5-4-6-8-14/h9-10,12,14-15H,4-8,11H2,1-3H3/b10-9+/t15-/m1/s1. The predicted octanol–water partition coefficient (Wildman–Crippen LogP) is 3.53. The minimum Gasteiger partial charge on any atom is -0.462 e. The highest BCUT2D eigenvalue weighted by atomic mass is 16.5. The Hall–Kier alpha value is -1.12. The summed E-state index contributed by atoms with van der Waals surface area (Å²) in [5.74, 6) is 0.433. The molecule has 1 saturated carbocycles. The van der Waals surface area contributed by atoms with Gasteiger partial charge in [0.15, 0.2) is 0 Å². The summed E-state index contributed by atoms with van der Waals surface area (Å²) in [6, 6.07) is 0. The number of rotatable bonds is 6. The van der Waals surface area contributed by atoms with Crippen LogP contribution in [0.2, 0.25) is 0 Å².